The molecule has 1 saturated heterocycles. The lowest BCUT2D eigenvalue weighted by atomic mass is 10.2. The van der Waals surface area contributed by atoms with E-state index in [0.717, 1.165) is 12.3 Å². The van der Waals surface area contributed by atoms with Gasteiger partial charge in [0.05, 0.1) is 17.9 Å². The molecule has 1 heterocycles. The summed E-state index contributed by atoms with van der Waals surface area (Å²) >= 11 is 1.97. The van der Waals surface area contributed by atoms with Gasteiger partial charge in [-0.1, -0.05) is 19.1 Å². The Kier molecular flexibility index (Phi) is 4.71. The van der Waals surface area contributed by atoms with E-state index in [4.69, 9.17) is 5.73 Å². The lowest BCUT2D eigenvalue weighted by Gasteiger charge is -2.36. The van der Waals surface area contributed by atoms with Crippen LogP contribution in [0.4, 0.5) is 11.4 Å². The lowest BCUT2D eigenvalue weighted by Crippen LogP contribution is -2.47. The van der Waals surface area contributed by atoms with Crippen molar-refractivity contribution in [3.8, 4) is 0 Å². The van der Waals surface area contributed by atoms with E-state index in [0.29, 0.717) is 29.2 Å². The van der Waals surface area contributed by atoms with E-state index >= 15 is 0 Å². The van der Waals surface area contributed by atoms with Gasteiger partial charge in [-0.25, -0.2) is 0 Å². The molecule has 1 aromatic rings. The van der Waals surface area contributed by atoms with Gasteiger partial charge < -0.3 is 11.1 Å². The maximum Gasteiger partial charge on any atom is 0.238 e. The number of para-hydroxylation sites is 2. The van der Waals surface area contributed by atoms with Crippen molar-refractivity contribution in [2.45, 2.75) is 25.1 Å². The van der Waals surface area contributed by atoms with E-state index in [1.165, 1.54) is 0 Å². The van der Waals surface area contributed by atoms with Gasteiger partial charge in [0.1, 0.15) is 0 Å². The van der Waals surface area contributed by atoms with Crippen molar-refractivity contribution in [3.05, 3.63) is 24.3 Å². The molecule has 2 atom stereocenters. The number of hydrogen-bond donors (Lipinski definition) is 2. The van der Waals surface area contributed by atoms with Gasteiger partial charge in [-0.15, -0.1) is 0 Å². The lowest BCUT2D eigenvalue weighted by molar-refractivity contribution is -0.117. The molecule has 0 spiro atoms. The molecule has 104 valence electrons. The molecule has 1 amide bonds. The zero-order valence-corrected chi connectivity index (χ0v) is 12.2. The van der Waals surface area contributed by atoms with E-state index < -0.39 is 0 Å². The third-order valence-corrected chi connectivity index (χ3v) is 4.93. The van der Waals surface area contributed by atoms with Crippen LogP contribution in [-0.4, -0.2) is 40.9 Å². The van der Waals surface area contributed by atoms with Gasteiger partial charge in [0.25, 0.3) is 0 Å². The Balaban J connectivity index is 1.93. The molecule has 0 radical (unpaired) electrons. The Hall–Kier alpha value is -1.20. The van der Waals surface area contributed by atoms with Crippen LogP contribution in [0.3, 0.4) is 0 Å². The van der Waals surface area contributed by atoms with Gasteiger partial charge in [0.2, 0.25) is 5.91 Å². The number of carbonyl (C=O) groups excluding carboxylic acids is 1. The standard InChI is InChI=1S/C14H21N3OS/c1-10-11(2)19-8-7-17(10)9-14(18)16-13-6-4-3-5-12(13)15/h3-6,10-11H,7-9,15H2,1-2H3,(H,16,18). The first-order valence-electron chi connectivity index (χ1n) is 6.58. The number of amides is 1. The molecule has 1 aliphatic rings. The van der Waals surface area contributed by atoms with Crippen LogP contribution in [0, 0.1) is 0 Å². The second-order valence-electron chi connectivity index (χ2n) is 4.92. The summed E-state index contributed by atoms with van der Waals surface area (Å²) in [6.45, 7) is 5.80. The fourth-order valence-corrected chi connectivity index (χ4v) is 3.37. The number of nitrogens with two attached hydrogens (primary N) is 1. The van der Waals surface area contributed by atoms with Crippen LogP contribution in [0.25, 0.3) is 0 Å². The maximum atomic E-state index is 12.1. The second kappa shape index (κ2) is 6.30. The van der Waals surface area contributed by atoms with Gasteiger partial charge in [0, 0.05) is 23.6 Å². The highest BCUT2D eigenvalue weighted by molar-refractivity contribution is 8.00. The Morgan fingerprint density at radius 3 is 2.95 bits per heavy atom. The highest BCUT2D eigenvalue weighted by Crippen LogP contribution is 2.24. The number of carbonyl (C=O) groups is 1. The molecular formula is C14H21N3OS. The highest BCUT2D eigenvalue weighted by Gasteiger charge is 2.26. The number of nitrogens with zero attached hydrogens (tertiary/aromatic N) is 1. The molecule has 1 aromatic carbocycles. The second-order valence-corrected chi connectivity index (χ2v) is 6.41. The van der Waals surface area contributed by atoms with Crippen LogP contribution >= 0.6 is 11.8 Å². The summed E-state index contributed by atoms with van der Waals surface area (Å²) in [6.07, 6.45) is 0. The topological polar surface area (TPSA) is 58.4 Å². The number of hydrogen-bond acceptors (Lipinski definition) is 4. The van der Waals surface area contributed by atoms with Gasteiger partial charge in [-0.05, 0) is 19.1 Å². The van der Waals surface area contributed by atoms with E-state index in [9.17, 15) is 4.79 Å². The van der Waals surface area contributed by atoms with Crippen molar-refractivity contribution < 1.29 is 4.79 Å². The minimum atomic E-state index is 0.00356. The monoisotopic (exact) mass is 279 g/mol. The molecule has 2 rings (SSSR count). The third-order valence-electron chi connectivity index (χ3n) is 3.60. The maximum absolute atomic E-state index is 12.1. The summed E-state index contributed by atoms with van der Waals surface area (Å²) in [7, 11) is 0. The first kappa shape index (κ1) is 14.2. The highest BCUT2D eigenvalue weighted by atomic mass is 32.2. The molecule has 5 heteroatoms. The Morgan fingerprint density at radius 1 is 1.47 bits per heavy atom. The molecule has 1 fully saturated rings. The normalized spacial score (nSPS) is 24.1. The smallest absolute Gasteiger partial charge is 0.238 e. The van der Waals surface area contributed by atoms with E-state index in [-0.39, 0.29) is 5.91 Å². The molecule has 0 bridgehead atoms. The summed E-state index contributed by atoms with van der Waals surface area (Å²) < 4.78 is 0. The molecule has 0 aliphatic carbocycles. The average molecular weight is 279 g/mol. The Bertz CT molecular complexity index is 452. The minimum Gasteiger partial charge on any atom is -0.397 e. The Labute approximate surface area is 118 Å². The predicted molar refractivity (Wildman–Crippen MR) is 82.4 cm³/mol. The molecular weight excluding hydrogens is 258 g/mol. The van der Waals surface area contributed by atoms with Gasteiger partial charge >= 0.3 is 0 Å². The summed E-state index contributed by atoms with van der Waals surface area (Å²) in [4.78, 5) is 14.3. The fourth-order valence-electron chi connectivity index (χ4n) is 2.20. The van der Waals surface area contributed by atoms with Gasteiger partial charge in [-0.3, -0.25) is 9.69 Å². The number of benzene rings is 1. The third kappa shape index (κ3) is 3.64. The zero-order valence-electron chi connectivity index (χ0n) is 11.4. The summed E-state index contributed by atoms with van der Waals surface area (Å²) in [5.41, 5.74) is 7.12. The van der Waals surface area contributed by atoms with Crippen LogP contribution in [0.2, 0.25) is 0 Å². The number of rotatable bonds is 3. The van der Waals surface area contributed by atoms with Crippen molar-refractivity contribution in [1.29, 1.82) is 0 Å². The summed E-state index contributed by atoms with van der Waals surface area (Å²) in [6, 6.07) is 7.77. The quantitative estimate of drug-likeness (QED) is 0.831. The molecule has 19 heavy (non-hydrogen) atoms. The van der Waals surface area contributed by atoms with Crippen molar-refractivity contribution in [2.24, 2.45) is 0 Å². The van der Waals surface area contributed by atoms with Crippen molar-refractivity contribution in [1.82, 2.24) is 4.90 Å². The van der Waals surface area contributed by atoms with Crippen LogP contribution < -0.4 is 11.1 Å². The van der Waals surface area contributed by atoms with Crippen molar-refractivity contribution >= 4 is 29.0 Å². The SMILES string of the molecule is CC1SCCN(CC(=O)Nc2ccccc2N)C1C. The zero-order chi connectivity index (χ0) is 13.8. The van der Waals surface area contributed by atoms with Gasteiger partial charge in [-0.2, -0.15) is 11.8 Å². The molecule has 1 aliphatic heterocycles. The number of nitrogens with one attached hydrogen (secondary N) is 1. The predicted octanol–water partition coefficient (Wildman–Crippen LogP) is 2.03. The Morgan fingerprint density at radius 2 is 2.21 bits per heavy atom. The minimum absolute atomic E-state index is 0.00356. The molecule has 0 saturated carbocycles. The van der Waals surface area contributed by atoms with E-state index in [2.05, 4.69) is 24.1 Å². The van der Waals surface area contributed by atoms with Crippen LogP contribution in [-0.2, 0) is 4.79 Å². The fraction of sp³-hybridized carbons (Fsp3) is 0.500. The van der Waals surface area contributed by atoms with Crippen molar-refractivity contribution in [2.75, 3.05) is 29.9 Å². The molecule has 2 unspecified atom stereocenters. The van der Waals surface area contributed by atoms with Crippen LogP contribution in [0.1, 0.15) is 13.8 Å². The largest absolute Gasteiger partial charge is 0.397 e. The average Bonchev–Trinajstić information content (AvgIpc) is 2.38. The first-order valence-corrected chi connectivity index (χ1v) is 7.63. The first-order chi connectivity index (χ1) is 9.08. The van der Waals surface area contributed by atoms with Crippen LogP contribution in [0.5, 0.6) is 0 Å². The number of thioether (sulfide) groups is 1. The number of nitrogen functional groups attached to an aromatic ring is 1. The van der Waals surface area contributed by atoms with E-state index in [1.807, 2.05) is 30.0 Å². The molecule has 4 nitrogen and oxygen atoms in total. The van der Waals surface area contributed by atoms with E-state index in [1.54, 1.807) is 6.07 Å². The molecule has 0 aromatic heterocycles. The number of anilines is 2. The summed E-state index contributed by atoms with van der Waals surface area (Å²) in [5.74, 6) is 1.09. The van der Waals surface area contributed by atoms with Gasteiger partial charge in [0.15, 0.2) is 0 Å². The van der Waals surface area contributed by atoms with Crippen LogP contribution in [0.15, 0.2) is 24.3 Å². The summed E-state index contributed by atoms with van der Waals surface area (Å²) in [5, 5.41) is 3.45. The van der Waals surface area contributed by atoms with Crippen molar-refractivity contribution in [3.63, 3.8) is 0 Å². The molecule has 3 N–H and O–H groups in total.